The Hall–Kier alpha value is -1.69. The molecule has 0 unspecified atom stereocenters. The summed E-state index contributed by atoms with van der Waals surface area (Å²) in [6.45, 7) is 0. The van der Waals surface area contributed by atoms with Crippen LogP contribution in [0.15, 0.2) is 18.2 Å². The minimum Gasteiger partial charge on any atom is -0.382 e. The fourth-order valence-corrected chi connectivity index (χ4v) is 1.85. The maximum absolute atomic E-state index is 13.1. The molecule has 1 aliphatic rings. The van der Waals surface area contributed by atoms with Gasteiger partial charge in [0.2, 0.25) is 5.82 Å². The lowest BCUT2D eigenvalue weighted by Gasteiger charge is -2.35. The van der Waals surface area contributed by atoms with Gasteiger partial charge in [-0.25, -0.2) is 0 Å². The average molecular weight is 240 g/mol. The highest BCUT2D eigenvalue weighted by molar-refractivity contribution is 5.52. The number of nitro benzene ring substituents is 1. The van der Waals surface area contributed by atoms with Gasteiger partial charge in [-0.2, -0.15) is 4.39 Å². The fraction of sp³-hybridized carbons (Fsp3) is 0.455. The van der Waals surface area contributed by atoms with Gasteiger partial charge in [0.05, 0.1) is 11.0 Å². The lowest BCUT2D eigenvalue weighted by Crippen LogP contribution is -2.40. The van der Waals surface area contributed by atoms with E-state index in [0.29, 0.717) is 5.69 Å². The van der Waals surface area contributed by atoms with Gasteiger partial charge in [-0.15, -0.1) is 0 Å². The van der Waals surface area contributed by atoms with Gasteiger partial charge in [0.1, 0.15) is 0 Å². The number of methoxy groups -OCH3 is 1. The second-order valence-electron chi connectivity index (χ2n) is 4.09. The molecule has 1 fully saturated rings. The molecular weight excluding hydrogens is 227 g/mol. The highest BCUT2D eigenvalue weighted by atomic mass is 19.1. The summed E-state index contributed by atoms with van der Waals surface area (Å²) in [6.07, 6.45) is 1.98. The topological polar surface area (TPSA) is 64.4 Å². The van der Waals surface area contributed by atoms with Crippen molar-refractivity contribution in [3.63, 3.8) is 0 Å². The molecule has 17 heavy (non-hydrogen) atoms. The van der Waals surface area contributed by atoms with Crippen molar-refractivity contribution in [1.82, 2.24) is 0 Å². The summed E-state index contributed by atoms with van der Waals surface area (Å²) in [4.78, 5) is 9.84. The van der Waals surface area contributed by atoms with Crippen LogP contribution in [0.5, 0.6) is 0 Å². The summed E-state index contributed by atoms with van der Waals surface area (Å²) in [6, 6.07) is 4.07. The zero-order valence-corrected chi connectivity index (χ0v) is 9.35. The van der Waals surface area contributed by atoms with Gasteiger partial charge in [-0.1, -0.05) is 0 Å². The number of hydrogen-bond acceptors (Lipinski definition) is 4. The Morgan fingerprint density at radius 2 is 2.24 bits per heavy atom. The Morgan fingerprint density at radius 3 is 2.82 bits per heavy atom. The monoisotopic (exact) mass is 240 g/mol. The molecule has 0 spiro atoms. The van der Waals surface area contributed by atoms with Crippen molar-refractivity contribution in [3.05, 3.63) is 34.1 Å². The molecule has 0 saturated heterocycles. The molecule has 1 N–H and O–H groups in total. The van der Waals surface area contributed by atoms with Crippen LogP contribution in [0.4, 0.5) is 15.8 Å². The van der Waals surface area contributed by atoms with E-state index < -0.39 is 16.4 Å². The first-order chi connectivity index (χ1) is 8.10. The number of hydrogen-bond donors (Lipinski definition) is 1. The number of halogens is 1. The SMILES string of the molecule is COC1CC(Nc2ccc(F)c([N+](=O)[O-])c2)C1. The van der Waals surface area contributed by atoms with Crippen LogP contribution in [0.1, 0.15) is 12.8 Å². The smallest absolute Gasteiger partial charge is 0.306 e. The van der Waals surface area contributed by atoms with Gasteiger partial charge in [-0.3, -0.25) is 10.1 Å². The molecular formula is C11H13FN2O3. The number of rotatable bonds is 4. The van der Waals surface area contributed by atoms with E-state index in [2.05, 4.69) is 5.32 Å². The Bertz CT molecular complexity index is 433. The van der Waals surface area contributed by atoms with Crippen molar-refractivity contribution in [1.29, 1.82) is 0 Å². The molecule has 0 atom stereocenters. The lowest BCUT2D eigenvalue weighted by atomic mass is 9.89. The zero-order valence-electron chi connectivity index (χ0n) is 9.35. The van der Waals surface area contributed by atoms with Crippen LogP contribution in [0.2, 0.25) is 0 Å². The van der Waals surface area contributed by atoms with Gasteiger partial charge in [0.25, 0.3) is 0 Å². The van der Waals surface area contributed by atoms with Crippen LogP contribution in [-0.2, 0) is 4.74 Å². The van der Waals surface area contributed by atoms with Gasteiger partial charge in [0, 0.05) is 24.9 Å². The number of nitrogens with one attached hydrogen (secondary N) is 1. The second-order valence-corrected chi connectivity index (χ2v) is 4.09. The summed E-state index contributed by atoms with van der Waals surface area (Å²) in [7, 11) is 1.66. The zero-order chi connectivity index (χ0) is 12.4. The van der Waals surface area contributed by atoms with Crippen LogP contribution < -0.4 is 5.32 Å². The van der Waals surface area contributed by atoms with E-state index in [9.17, 15) is 14.5 Å². The van der Waals surface area contributed by atoms with Gasteiger partial charge < -0.3 is 10.1 Å². The molecule has 6 heteroatoms. The van der Waals surface area contributed by atoms with Crippen LogP contribution in [0.25, 0.3) is 0 Å². The normalized spacial score (nSPS) is 22.9. The summed E-state index contributed by atoms with van der Waals surface area (Å²) in [5.41, 5.74) is 0.0651. The maximum Gasteiger partial charge on any atom is 0.306 e. The lowest BCUT2D eigenvalue weighted by molar-refractivity contribution is -0.387. The molecule has 0 radical (unpaired) electrons. The molecule has 0 aliphatic heterocycles. The van der Waals surface area contributed by atoms with Crippen LogP contribution in [0, 0.1) is 15.9 Å². The summed E-state index contributed by atoms with van der Waals surface area (Å²) in [5.74, 6) is -0.816. The number of benzene rings is 1. The molecule has 1 saturated carbocycles. The predicted octanol–water partition coefficient (Wildman–Crippen LogP) is 2.32. The third-order valence-corrected chi connectivity index (χ3v) is 2.94. The molecule has 0 heterocycles. The van der Waals surface area contributed by atoms with Gasteiger partial charge in [0.15, 0.2) is 0 Å². The largest absolute Gasteiger partial charge is 0.382 e. The summed E-state index contributed by atoms with van der Waals surface area (Å²) >= 11 is 0. The Balaban J connectivity index is 2.02. The molecule has 1 aromatic carbocycles. The minimum absolute atomic E-state index is 0.241. The van der Waals surface area contributed by atoms with Crippen molar-refractivity contribution in [2.45, 2.75) is 25.0 Å². The molecule has 0 aromatic heterocycles. The van der Waals surface area contributed by atoms with Crippen molar-refractivity contribution in [2.24, 2.45) is 0 Å². The van der Waals surface area contributed by atoms with E-state index >= 15 is 0 Å². The van der Waals surface area contributed by atoms with Crippen LogP contribution in [0.3, 0.4) is 0 Å². The predicted molar refractivity (Wildman–Crippen MR) is 60.5 cm³/mol. The molecule has 0 amide bonds. The van der Waals surface area contributed by atoms with Crippen molar-refractivity contribution in [2.75, 3.05) is 12.4 Å². The highest BCUT2D eigenvalue weighted by Gasteiger charge is 2.29. The van der Waals surface area contributed by atoms with E-state index in [1.165, 1.54) is 12.1 Å². The Morgan fingerprint density at radius 1 is 1.53 bits per heavy atom. The Kier molecular flexibility index (Phi) is 3.23. The average Bonchev–Trinajstić information content (AvgIpc) is 2.24. The molecule has 1 aromatic rings. The first-order valence-corrected chi connectivity index (χ1v) is 5.33. The number of ether oxygens (including phenoxy) is 1. The quantitative estimate of drug-likeness (QED) is 0.648. The maximum atomic E-state index is 13.1. The van der Waals surface area contributed by atoms with Crippen molar-refractivity contribution >= 4 is 11.4 Å². The first kappa shape index (κ1) is 11.8. The molecule has 2 rings (SSSR count). The van der Waals surface area contributed by atoms with E-state index in [4.69, 9.17) is 4.74 Å². The van der Waals surface area contributed by atoms with Crippen LogP contribution >= 0.6 is 0 Å². The third kappa shape index (κ3) is 2.52. The number of anilines is 1. The number of nitrogens with zero attached hydrogens (tertiary/aromatic N) is 1. The minimum atomic E-state index is -0.816. The van der Waals surface area contributed by atoms with E-state index in [1.54, 1.807) is 7.11 Å². The van der Waals surface area contributed by atoms with Gasteiger partial charge in [-0.05, 0) is 25.0 Å². The number of nitro groups is 1. The van der Waals surface area contributed by atoms with E-state index in [0.717, 1.165) is 18.9 Å². The first-order valence-electron chi connectivity index (χ1n) is 5.33. The molecule has 92 valence electrons. The van der Waals surface area contributed by atoms with E-state index in [1.807, 2.05) is 0 Å². The summed E-state index contributed by atoms with van der Waals surface area (Å²) in [5, 5.41) is 13.7. The van der Waals surface area contributed by atoms with Crippen LogP contribution in [-0.4, -0.2) is 24.2 Å². The van der Waals surface area contributed by atoms with Crippen molar-refractivity contribution in [3.8, 4) is 0 Å². The summed E-state index contributed by atoms with van der Waals surface area (Å²) < 4.78 is 18.2. The fourth-order valence-electron chi connectivity index (χ4n) is 1.85. The second kappa shape index (κ2) is 4.67. The molecule has 0 bridgehead atoms. The molecule has 5 nitrogen and oxygen atoms in total. The molecule has 1 aliphatic carbocycles. The highest BCUT2D eigenvalue weighted by Crippen LogP contribution is 2.28. The Labute approximate surface area is 97.7 Å². The van der Waals surface area contributed by atoms with Gasteiger partial charge >= 0.3 is 5.69 Å². The van der Waals surface area contributed by atoms with E-state index in [-0.39, 0.29) is 12.1 Å². The third-order valence-electron chi connectivity index (χ3n) is 2.94. The standard InChI is InChI=1S/C11H13FN2O3/c1-17-9-4-8(5-9)13-7-2-3-10(12)11(6-7)14(15)16/h2-3,6,8-9,13H,4-5H2,1H3. The van der Waals surface area contributed by atoms with Crippen molar-refractivity contribution < 1.29 is 14.1 Å².